The minimum Gasteiger partial charge on any atom is -0.350 e. The van der Waals surface area contributed by atoms with E-state index >= 15 is 0 Å². The van der Waals surface area contributed by atoms with Crippen LogP contribution in [0.4, 0.5) is 5.69 Å². The Morgan fingerprint density at radius 1 is 0.800 bits per heavy atom. The molecule has 0 saturated carbocycles. The Bertz CT molecular complexity index is 834. The molecule has 0 aliphatic rings. The molecule has 0 saturated heterocycles. The molecule has 7 nitrogen and oxygen atoms in total. The van der Waals surface area contributed by atoms with E-state index in [1.165, 1.54) is 24.3 Å². The van der Waals surface area contributed by atoms with Crippen molar-refractivity contribution < 1.29 is 18.0 Å². The molecule has 8 heteroatoms. The average molecular weight is 361 g/mol. The molecule has 0 spiro atoms. The van der Waals surface area contributed by atoms with Crippen molar-refractivity contribution in [3.63, 3.8) is 0 Å². The van der Waals surface area contributed by atoms with E-state index in [-0.39, 0.29) is 18.4 Å². The molecule has 3 N–H and O–H groups in total. The molecular weight excluding hydrogens is 342 g/mol. The Kier molecular flexibility index (Phi) is 6.13. The lowest BCUT2D eigenvalue weighted by Crippen LogP contribution is -2.34. The number of carbonyl (C=O) groups is 2. The van der Waals surface area contributed by atoms with Crippen molar-refractivity contribution in [3.05, 3.63) is 65.7 Å². The van der Waals surface area contributed by atoms with Crippen LogP contribution in [-0.2, 0) is 10.0 Å². The molecule has 0 radical (unpaired) electrons. The summed E-state index contributed by atoms with van der Waals surface area (Å²) in [6, 6.07) is 14.8. The Hall–Kier alpha value is -2.87. The van der Waals surface area contributed by atoms with Crippen molar-refractivity contribution >= 4 is 27.5 Å². The number of benzene rings is 2. The van der Waals surface area contributed by atoms with Crippen LogP contribution in [0, 0.1) is 0 Å². The second-order valence-electron chi connectivity index (χ2n) is 5.33. The van der Waals surface area contributed by atoms with E-state index in [1.54, 1.807) is 24.3 Å². The SMILES string of the molecule is CS(=O)(=O)Nc1ccc(C(=O)NCCNC(=O)c2ccccc2)cc1. The first-order valence-electron chi connectivity index (χ1n) is 7.54. The van der Waals surface area contributed by atoms with E-state index in [1.807, 2.05) is 6.07 Å². The number of sulfonamides is 1. The Labute approximate surface area is 146 Å². The lowest BCUT2D eigenvalue weighted by molar-refractivity contribution is 0.0927. The molecule has 2 aromatic carbocycles. The van der Waals surface area contributed by atoms with Gasteiger partial charge in [-0.15, -0.1) is 0 Å². The Morgan fingerprint density at radius 3 is 1.76 bits per heavy atom. The van der Waals surface area contributed by atoms with Crippen LogP contribution < -0.4 is 15.4 Å². The summed E-state index contributed by atoms with van der Waals surface area (Å²) in [6.07, 6.45) is 1.05. The molecule has 0 atom stereocenters. The van der Waals surface area contributed by atoms with E-state index in [9.17, 15) is 18.0 Å². The summed E-state index contributed by atoms with van der Waals surface area (Å²) in [6.45, 7) is 0.577. The zero-order chi connectivity index (χ0) is 18.3. The normalized spacial score (nSPS) is 10.8. The zero-order valence-corrected chi connectivity index (χ0v) is 14.5. The molecule has 0 unspecified atom stereocenters. The number of rotatable bonds is 7. The predicted molar refractivity (Wildman–Crippen MR) is 96.0 cm³/mol. The van der Waals surface area contributed by atoms with Crippen molar-refractivity contribution in [3.8, 4) is 0 Å². The maximum atomic E-state index is 12.0. The smallest absolute Gasteiger partial charge is 0.251 e. The van der Waals surface area contributed by atoms with Crippen LogP contribution in [0.3, 0.4) is 0 Å². The number of amides is 2. The highest BCUT2D eigenvalue weighted by molar-refractivity contribution is 7.92. The molecule has 25 heavy (non-hydrogen) atoms. The Balaban J connectivity index is 1.77. The molecule has 0 heterocycles. The van der Waals surface area contributed by atoms with E-state index in [0.29, 0.717) is 23.4 Å². The molecule has 132 valence electrons. The van der Waals surface area contributed by atoms with Gasteiger partial charge in [0.05, 0.1) is 6.26 Å². The predicted octanol–water partition coefficient (Wildman–Crippen LogP) is 1.22. The molecule has 2 rings (SSSR count). The molecule has 0 aromatic heterocycles. The van der Waals surface area contributed by atoms with Crippen LogP contribution >= 0.6 is 0 Å². The zero-order valence-electron chi connectivity index (χ0n) is 13.7. The van der Waals surface area contributed by atoms with Gasteiger partial charge in [0, 0.05) is 29.9 Å². The van der Waals surface area contributed by atoms with Crippen molar-refractivity contribution in [1.82, 2.24) is 10.6 Å². The van der Waals surface area contributed by atoms with Gasteiger partial charge in [-0.05, 0) is 36.4 Å². The van der Waals surface area contributed by atoms with Gasteiger partial charge in [-0.2, -0.15) is 0 Å². The lowest BCUT2D eigenvalue weighted by Gasteiger charge is -2.08. The minimum atomic E-state index is -3.35. The van der Waals surface area contributed by atoms with Crippen molar-refractivity contribution in [2.24, 2.45) is 0 Å². The third-order valence-electron chi connectivity index (χ3n) is 3.18. The number of hydrogen-bond acceptors (Lipinski definition) is 4. The van der Waals surface area contributed by atoms with E-state index < -0.39 is 10.0 Å². The molecular formula is C17H19N3O4S. The van der Waals surface area contributed by atoms with Crippen LogP contribution in [-0.4, -0.2) is 39.6 Å². The second-order valence-corrected chi connectivity index (χ2v) is 7.08. The average Bonchev–Trinajstić information content (AvgIpc) is 2.58. The van der Waals surface area contributed by atoms with Gasteiger partial charge < -0.3 is 10.6 Å². The standard InChI is InChI=1S/C17H19N3O4S/c1-25(23,24)20-15-9-7-14(8-10-15)17(22)19-12-11-18-16(21)13-5-3-2-4-6-13/h2-10,20H,11-12H2,1H3,(H,18,21)(H,19,22). The van der Waals surface area contributed by atoms with Gasteiger partial charge in [-0.1, -0.05) is 18.2 Å². The van der Waals surface area contributed by atoms with Crippen molar-refractivity contribution in [2.45, 2.75) is 0 Å². The molecule has 2 aromatic rings. The largest absolute Gasteiger partial charge is 0.350 e. The third kappa shape index (κ3) is 6.27. The van der Waals surface area contributed by atoms with Crippen LogP contribution in [0.5, 0.6) is 0 Å². The fourth-order valence-corrected chi connectivity index (χ4v) is 2.61. The van der Waals surface area contributed by atoms with Gasteiger partial charge in [0.1, 0.15) is 0 Å². The van der Waals surface area contributed by atoms with Crippen LogP contribution in [0.2, 0.25) is 0 Å². The summed E-state index contributed by atoms with van der Waals surface area (Å²) < 4.78 is 24.6. The topological polar surface area (TPSA) is 104 Å². The van der Waals surface area contributed by atoms with E-state index in [0.717, 1.165) is 6.26 Å². The molecule has 0 fully saturated rings. The fourth-order valence-electron chi connectivity index (χ4n) is 2.05. The first-order chi connectivity index (χ1) is 11.8. The molecule has 0 aliphatic carbocycles. The van der Waals surface area contributed by atoms with E-state index in [4.69, 9.17) is 0 Å². The summed E-state index contributed by atoms with van der Waals surface area (Å²) in [5, 5.41) is 5.39. The van der Waals surface area contributed by atoms with Crippen LogP contribution in [0.25, 0.3) is 0 Å². The fraction of sp³-hybridized carbons (Fsp3) is 0.176. The molecule has 0 bridgehead atoms. The third-order valence-corrected chi connectivity index (χ3v) is 3.79. The van der Waals surface area contributed by atoms with Gasteiger partial charge >= 0.3 is 0 Å². The lowest BCUT2D eigenvalue weighted by atomic mass is 10.2. The summed E-state index contributed by atoms with van der Waals surface area (Å²) in [4.78, 5) is 23.8. The first-order valence-corrected chi connectivity index (χ1v) is 9.43. The van der Waals surface area contributed by atoms with Crippen LogP contribution in [0.1, 0.15) is 20.7 Å². The Morgan fingerprint density at radius 2 is 1.28 bits per heavy atom. The molecule has 2 amide bonds. The van der Waals surface area contributed by atoms with Crippen molar-refractivity contribution in [2.75, 3.05) is 24.1 Å². The minimum absolute atomic E-state index is 0.203. The summed E-state index contributed by atoms with van der Waals surface area (Å²) in [7, 11) is -3.35. The van der Waals surface area contributed by atoms with Crippen LogP contribution in [0.15, 0.2) is 54.6 Å². The van der Waals surface area contributed by atoms with Gasteiger partial charge in [-0.25, -0.2) is 8.42 Å². The van der Waals surface area contributed by atoms with E-state index in [2.05, 4.69) is 15.4 Å². The quantitative estimate of drug-likeness (QED) is 0.645. The number of nitrogens with one attached hydrogen (secondary N) is 3. The monoisotopic (exact) mass is 361 g/mol. The van der Waals surface area contributed by atoms with Crippen molar-refractivity contribution in [1.29, 1.82) is 0 Å². The summed E-state index contributed by atoms with van der Waals surface area (Å²) in [5.41, 5.74) is 1.34. The van der Waals surface area contributed by atoms with Gasteiger partial charge in [0.2, 0.25) is 10.0 Å². The van der Waals surface area contributed by atoms with Gasteiger partial charge in [0.15, 0.2) is 0 Å². The van der Waals surface area contributed by atoms with Gasteiger partial charge in [0.25, 0.3) is 11.8 Å². The second kappa shape index (κ2) is 8.29. The van der Waals surface area contributed by atoms with Gasteiger partial charge in [-0.3, -0.25) is 14.3 Å². The highest BCUT2D eigenvalue weighted by atomic mass is 32.2. The first kappa shape index (κ1) is 18.5. The highest BCUT2D eigenvalue weighted by Crippen LogP contribution is 2.10. The summed E-state index contributed by atoms with van der Waals surface area (Å²) >= 11 is 0. The maximum absolute atomic E-state index is 12.0. The number of anilines is 1. The number of carbonyl (C=O) groups excluding carboxylic acids is 2. The summed E-state index contributed by atoms with van der Waals surface area (Å²) in [5.74, 6) is -0.508. The highest BCUT2D eigenvalue weighted by Gasteiger charge is 2.07. The maximum Gasteiger partial charge on any atom is 0.251 e. The number of hydrogen-bond donors (Lipinski definition) is 3. The molecule has 0 aliphatic heterocycles.